The highest BCUT2D eigenvalue weighted by atomic mass is 19.4. The highest BCUT2D eigenvalue weighted by Crippen LogP contribution is 2.44. The molecule has 5 nitrogen and oxygen atoms in total. The van der Waals surface area contributed by atoms with Gasteiger partial charge in [-0.05, 0) is 24.1 Å². The predicted molar refractivity (Wildman–Crippen MR) is 94.1 cm³/mol. The van der Waals surface area contributed by atoms with Gasteiger partial charge in [-0.3, -0.25) is 0 Å². The van der Waals surface area contributed by atoms with Crippen LogP contribution in [0.25, 0.3) is 16.9 Å². The Morgan fingerprint density at radius 1 is 1.03 bits per heavy atom. The third-order valence-corrected chi connectivity index (χ3v) is 4.21. The third-order valence-electron chi connectivity index (χ3n) is 4.21. The van der Waals surface area contributed by atoms with Crippen molar-refractivity contribution in [3.63, 3.8) is 0 Å². The molecule has 0 spiro atoms. The van der Waals surface area contributed by atoms with Gasteiger partial charge in [0.05, 0.1) is 24.7 Å². The largest absolute Gasteiger partial charge is 0.481 e. The molecule has 3 rings (SSSR count). The fourth-order valence-electron chi connectivity index (χ4n) is 2.67. The highest BCUT2D eigenvalue weighted by Gasteiger charge is 2.60. The number of pyridine rings is 1. The SMILES string of the molecule is COc1ccc(-n2nc(C(F)(F)C(F)(F)F)cc2-c2ccc(CCO)cc2)cn1. The van der Waals surface area contributed by atoms with Crippen LogP contribution in [0.2, 0.25) is 0 Å². The molecule has 2 aromatic heterocycles. The molecule has 0 fully saturated rings. The van der Waals surface area contributed by atoms with Gasteiger partial charge in [-0.15, -0.1) is 0 Å². The summed E-state index contributed by atoms with van der Waals surface area (Å²) in [6, 6.07) is 10.0. The van der Waals surface area contributed by atoms with Crippen molar-refractivity contribution in [1.29, 1.82) is 0 Å². The Balaban J connectivity index is 2.14. The smallest absolute Gasteiger partial charge is 0.459 e. The lowest BCUT2D eigenvalue weighted by Crippen LogP contribution is -2.34. The van der Waals surface area contributed by atoms with Crippen LogP contribution in [-0.4, -0.2) is 39.8 Å². The highest BCUT2D eigenvalue weighted by molar-refractivity contribution is 5.63. The van der Waals surface area contributed by atoms with E-state index in [0.29, 0.717) is 18.1 Å². The lowest BCUT2D eigenvalue weighted by atomic mass is 10.1. The van der Waals surface area contributed by atoms with Gasteiger partial charge in [-0.1, -0.05) is 24.3 Å². The lowest BCUT2D eigenvalue weighted by Gasteiger charge is -2.16. The van der Waals surface area contributed by atoms with E-state index in [1.54, 1.807) is 24.3 Å². The summed E-state index contributed by atoms with van der Waals surface area (Å²) in [5.41, 5.74) is -0.0420. The molecule has 0 unspecified atom stereocenters. The van der Waals surface area contributed by atoms with Crippen molar-refractivity contribution in [2.45, 2.75) is 18.5 Å². The first kappa shape index (κ1) is 20.7. The molecule has 1 N–H and O–H groups in total. The van der Waals surface area contributed by atoms with Gasteiger partial charge in [0.1, 0.15) is 5.69 Å². The molecule has 0 bridgehead atoms. The molecule has 29 heavy (non-hydrogen) atoms. The van der Waals surface area contributed by atoms with Crippen LogP contribution in [-0.2, 0) is 12.3 Å². The molecular weight excluding hydrogens is 397 g/mol. The van der Waals surface area contributed by atoms with E-state index in [1.165, 1.54) is 25.4 Å². The van der Waals surface area contributed by atoms with Gasteiger partial charge < -0.3 is 9.84 Å². The molecule has 0 saturated carbocycles. The maximum Gasteiger partial charge on any atom is 0.459 e. The van der Waals surface area contributed by atoms with Crippen LogP contribution in [0.5, 0.6) is 5.88 Å². The summed E-state index contributed by atoms with van der Waals surface area (Å²) in [6.45, 7) is -0.0727. The van der Waals surface area contributed by atoms with E-state index in [9.17, 15) is 22.0 Å². The second kappa shape index (κ2) is 7.78. The van der Waals surface area contributed by atoms with E-state index in [1.807, 2.05) is 0 Å². The normalized spacial score (nSPS) is 12.2. The number of hydrogen-bond acceptors (Lipinski definition) is 4. The maximum atomic E-state index is 13.9. The summed E-state index contributed by atoms with van der Waals surface area (Å²) in [5, 5.41) is 12.5. The average Bonchev–Trinajstić information content (AvgIpc) is 3.14. The zero-order valence-electron chi connectivity index (χ0n) is 15.1. The second-order valence-electron chi connectivity index (χ2n) is 6.13. The van der Waals surface area contributed by atoms with Crippen molar-refractivity contribution in [1.82, 2.24) is 14.8 Å². The van der Waals surface area contributed by atoms with Crippen molar-refractivity contribution < 1.29 is 31.8 Å². The molecule has 1 aromatic carbocycles. The van der Waals surface area contributed by atoms with Gasteiger partial charge in [0.25, 0.3) is 0 Å². The van der Waals surface area contributed by atoms with Crippen LogP contribution in [0.1, 0.15) is 11.3 Å². The zero-order valence-corrected chi connectivity index (χ0v) is 15.1. The summed E-state index contributed by atoms with van der Waals surface area (Å²) in [6.07, 6.45) is -4.14. The van der Waals surface area contributed by atoms with Crippen LogP contribution in [0.15, 0.2) is 48.7 Å². The molecule has 3 aromatic rings. The molecule has 0 aliphatic carbocycles. The van der Waals surface area contributed by atoms with Gasteiger partial charge in [-0.25, -0.2) is 9.67 Å². The van der Waals surface area contributed by atoms with Crippen molar-refractivity contribution in [2.24, 2.45) is 0 Å². The number of aliphatic hydroxyl groups excluding tert-OH is 1. The minimum absolute atomic E-state index is 0.0337. The molecule has 0 aliphatic rings. The van der Waals surface area contributed by atoms with Crippen LogP contribution < -0.4 is 4.74 Å². The van der Waals surface area contributed by atoms with E-state index < -0.39 is 17.8 Å². The number of aliphatic hydroxyl groups is 1. The summed E-state index contributed by atoms with van der Waals surface area (Å²) in [7, 11) is 1.39. The summed E-state index contributed by atoms with van der Waals surface area (Å²) < 4.78 is 72.3. The van der Waals surface area contributed by atoms with Crippen LogP contribution in [0, 0.1) is 0 Å². The maximum absolute atomic E-state index is 13.9. The minimum Gasteiger partial charge on any atom is -0.481 e. The van der Waals surface area contributed by atoms with Crippen LogP contribution >= 0.6 is 0 Å². The Hall–Kier alpha value is -3.01. The van der Waals surface area contributed by atoms with E-state index >= 15 is 0 Å². The first-order valence-corrected chi connectivity index (χ1v) is 8.43. The average molecular weight is 413 g/mol. The Labute approximate surface area is 162 Å². The number of nitrogens with zero attached hydrogens (tertiary/aromatic N) is 3. The number of methoxy groups -OCH3 is 1. The first-order valence-electron chi connectivity index (χ1n) is 8.43. The number of halogens is 5. The Morgan fingerprint density at radius 3 is 2.24 bits per heavy atom. The fraction of sp³-hybridized carbons (Fsp3) is 0.263. The van der Waals surface area contributed by atoms with Gasteiger partial charge in [0.2, 0.25) is 5.88 Å². The van der Waals surface area contributed by atoms with E-state index in [-0.39, 0.29) is 23.9 Å². The molecule has 0 radical (unpaired) electrons. The van der Waals surface area contributed by atoms with Crippen molar-refractivity contribution in [3.05, 3.63) is 59.9 Å². The monoisotopic (exact) mass is 413 g/mol. The predicted octanol–water partition coefficient (Wildman–Crippen LogP) is 4.13. The van der Waals surface area contributed by atoms with Crippen molar-refractivity contribution >= 4 is 0 Å². The summed E-state index contributed by atoms with van der Waals surface area (Å²) in [5.74, 6) is -4.87. The number of alkyl halides is 5. The molecule has 0 atom stereocenters. The molecule has 2 heterocycles. The standard InChI is InChI=1S/C19H16F5N3O2/c1-29-17-7-6-14(11-25-17)27-15(13-4-2-12(3-5-13)8-9-28)10-16(26-27)18(20,21)19(22,23)24/h2-7,10-11,28H,8-9H2,1H3. The van der Waals surface area contributed by atoms with E-state index in [4.69, 9.17) is 9.84 Å². The van der Waals surface area contributed by atoms with Crippen molar-refractivity contribution in [2.75, 3.05) is 13.7 Å². The second-order valence-corrected chi connectivity index (χ2v) is 6.13. The lowest BCUT2D eigenvalue weighted by molar-refractivity contribution is -0.291. The number of rotatable bonds is 6. The molecule has 154 valence electrons. The fourth-order valence-corrected chi connectivity index (χ4v) is 2.67. The zero-order chi connectivity index (χ0) is 21.2. The van der Waals surface area contributed by atoms with Gasteiger partial charge in [0.15, 0.2) is 0 Å². The van der Waals surface area contributed by atoms with E-state index in [2.05, 4.69) is 10.1 Å². The van der Waals surface area contributed by atoms with Gasteiger partial charge in [0, 0.05) is 18.2 Å². The Morgan fingerprint density at radius 2 is 1.72 bits per heavy atom. The minimum atomic E-state index is -5.79. The Kier molecular flexibility index (Phi) is 5.56. The number of ether oxygens (including phenoxy) is 1. The summed E-state index contributed by atoms with van der Waals surface area (Å²) in [4.78, 5) is 3.95. The number of benzene rings is 1. The molecule has 10 heteroatoms. The number of aromatic nitrogens is 3. The Bertz CT molecular complexity index is 967. The van der Waals surface area contributed by atoms with Gasteiger partial charge in [-0.2, -0.15) is 27.1 Å². The van der Waals surface area contributed by atoms with Gasteiger partial charge >= 0.3 is 12.1 Å². The third kappa shape index (κ3) is 4.07. The number of hydrogen-bond donors (Lipinski definition) is 1. The molecular formula is C19H16F5N3O2. The van der Waals surface area contributed by atoms with Crippen LogP contribution in [0.4, 0.5) is 22.0 Å². The van der Waals surface area contributed by atoms with Crippen LogP contribution in [0.3, 0.4) is 0 Å². The molecule has 0 saturated heterocycles. The summed E-state index contributed by atoms with van der Waals surface area (Å²) >= 11 is 0. The quantitative estimate of drug-likeness (QED) is 0.618. The topological polar surface area (TPSA) is 60.2 Å². The molecule has 0 amide bonds. The molecule has 0 aliphatic heterocycles. The van der Waals surface area contributed by atoms with Crippen molar-refractivity contribution in [3.8, 4) is 22.8 Å². The van der Waals surface area contributed by atoms with E-state index in [0.717, 1.165) is 10.2 Å². The first-order chi connectivity index (χ1) is 13.7.